The van der Waals surface area contributed by atoms with Crippen molar-refractivity contribution in [1.29, 1.82) is 0 Å². The third-order valence-corrected chi connectivity index (χ3v) is 5.55. The molecule has 0 amide bonds. The fourth-order valence-corrected chi connectivity index (χ4v) is 4.62. The SMILES string of the molecule is OC1(C2CCc3cccnc32)CCN2CCCCC21. The van der Waals surface area contributed by atoms with E-state index >= 15 is 0 Å². The number of aromatic nitrogens is 1. The Hall–Kier alpha value is -0.930. The summed E-state index contributed by atoms with van der Waals surface area (Å²) in [5, 5.41) is 11.4. The van der Waals surface area contributed by atoms with Gasteiger partial charge in [-0.15, -0.1) is 0 Å². The molecule has 2 aliphatic heterocycles. The molecular formula is C16H22N2O. The molecule has 1 aliphatic carbocycles. The molecule has 3 nitrogen and oxygen atoms in total. The van der Waals surface area contributed by atoms with Gasteiger partial charge in [-0.1, -0.05) is 12.5 Å². The smallest absolute Gasteiger partial charge is 0.0897 e. The normalized spacial score (nSPS) is 38.2. The van der Waals surface area contributed by atoms with Gasteiger partial charge in [0.05, 0.1) is 5.60 Å². The topological polar surface area (TPSA) is 36.4 Å². The fourth-order valence-electron chi connectivity index (χ4n) is 4.62. The quantitative estimate of drug-likeness (QED) is 0.838. The first kappa shape index (κ1) is 11.9. The maximum Gasteiger partial charge on any atom is 0.0897 e. The molecule has 0 saturated carbocycles. The van der Waals surface area contributed by atoms with E-state index in [1.54, 1.807) is 0 Å². The maximum atomic E-state index is 11.4. The second-order valence-electron chi connectivity index (χ2n) is 6.43. The predicted molar refractivity (Wildman–Crippen MR) is 74.1 cm³/mol. The molecule has 2 saturated heterocycles. The maximum absolute atomic E-state index is 11.4. The van der Waals surface area contributed by atoms with E-state index in [2.05, 4.69) is 16.0 Å². The molecule has 4 rings (SSSR count). The first-order valence-corrected chi connectivity index (χ1v) is 7.69. The highest BCUT2D eigenvalue weighted by atomic mass is 16.3. The van der Waals surface area contributed by atoms with Gasteiger partial charge in [0.2, 0.25) is 0 Å². The van der Waals surface area contributed by atoms with Crippen molar-refractivity contribution in [3.8, 4) is 0 Å². The molecule has 2 fully saturated rings. The van der Waals surface area contributed by atoms with Crippen molar-refractivity contribution in [2.24, 2.45) is 0 Å². The summed E-state index contributed by atoms with van der Waals surface area (Å²) in [5.74, 6) is 0.261. The fraction of sp³-hybridized carbons (Fsp3) is 0.688. The number of aliphatic hydroxyl groups is 1. The number of rotatable bonds is 1. The molecule has 0 radical (unpaired) electrons. The van der Waals surface area contributed by atoms with Gasteiger partial charge in [0, 0.05) is 30.4 Å². The van der Waals surface area contributed by atoms with Crippen LogP contribution in [-0.2, 0) is 6.42 Å². The highest BCUT2D eigenvalue weighted by Crippen LogP contribution is 2.48. The van der Waals surface area contributed by atoms with Crippen molar-refractivity contribution in [1.82, 2.24) is 9.88 Å². The van der Waals surface area contributed by atoms with Crippen LogP contribution in [0.3, 0.4) is 0 Å². The summed E-state index contributed by atoms with van der Waals surface area (Å²) < 4.78 is 0. The molecule has 1 aromatic rings. The minimum absolute atomic E-state index is 0.261. The van der Waals surface area contributed by atoms with Crippen LogP contribution < -0.4 is 0 Å². The number of fused-ring (bicyclic) bond motifs is 2. The van der Waals surface area contributed by atoms with Crippen LogP contribution in [0, 0.1) is 0 Å². The van der Waals surface area contributed by atoms with E-state index in [4.69, 9.17) is 0 Å². The van der Waals surface area contributed by atoms with Crippen LogP contribution in [0.4, 0.5) is 0 Å². The Balaban J connectivity index is 1.69. The Labute approximate surface area is 114 Å². The van der Waals surface area contributed by atoms with Crippen molar-refractivity contribution in [2.75, 3.05) is 13.1 Å². The van der Waals surface area contributed by atoms with E-state index in [1.165, 1.54) is 30.6 Å². The Morgan fingerprint density at radius 2 is 2.21 bits per heavy atom. The van der Waals surface area contributed by atoms with E-state index in [1.807, 2.05) is 12.3 Å². The predicted octanol–water partition coefficient (Wildman–Crippen LogP) is 2.10. The minimum atomic E-state index is -0.528. The zero-order valence-corrected chi connectivity index (χ0v) is 11.4. The second kappa shape index (κ2) is 4.29. The lowest BCUT2D eigenvalue weighted by molar-refractivity contribution is -0.0323. The van der Waals surface area contributed by atoms with E-state index in [0.717, 1.165) is 32.2 Å². The first-order valence-electron chi connectivity index (χ1n) is 7.69. The van der Waals surface area contributed by atoms with Crippen molar-refractivity contribution < 1.29 is 5.11 Å². The van der Waals surface area contributed by atoms with Gasteiger partial charge in [0.15, 0.2) is 0 Å². The molecule has 3 unspecified atom stereocenters. The van der Waals surface area contributed by atoms with Gasteiger partial charge < -0.3 is 5.11 Å². The highest BCUT2D eigenvalue weighted by molar-refractivity contribution is 5.32. The number of nitrogens with zero attached hydrogens (tertiary/aromatic N) is 2. The van der Waals surface area contributed by atoms with Gasteiger partial charge in [-0.2, -0.15) is 0 Å². The zero-order valence-electron chi connectivity index (χ0n) is 11.4. The molecule has 3 heteroatoms. The first-order chi connectivity index (χ1) is 9.29. The largest absolute Gasteiger partial charge is 0.388 e. The van der Waals surface area contributed by atoms with Gasteiger partial charge in [-0.05, 0) is 50.3 Å². The summed E-state index contributed by atoms with van der Waals surface area (Å²) in [6, 6.07) is 4.57. The van der Waals surface area contributed by atoms with Gasteiger partial charge in [-0.25, -0.2) is 0 Å². The van der Waals surface area contributed by atoms with Crippen molar-refractivity contribution in [3.05, 3.63) is 29.6 Å². The van der Waals surface area contributed by atoms with Crippen LogP contribution in [0.5, 0.6) is 0 Å². The molecule has 1 N–H and O–H groups in total. The summed E-state index contributed by atoms with van der Waals surface area (Å²) in [4.78, 5) is 7.11. The molecule has 102 valence electrons. The molecular weight excluding hydrogens is 236 g/mol. The van der Waals surface area contributed by atoms with Gasteiger partial charge in [-0.3, -0.25) is 9.88 Å². The van der Waals surface area contributed by atoms with E-state index < -0.39 is 5.60 Å². The summed E-state index contributed by atoms with van der Waals surface area (Å²) in [5.41, 5.74) is 2.01. The molecule has 0 spiro atoms. The summed E-state index contributed by atoms with van der Waals surface area (Å²) in [6.07, 6.45) is 8.70. The Kier molecular flexibility index (Phi) is 2.68. The van der Waals surface area contributed by atoms with Gasteiger partial charge in [0.25, 0.3) is 0 Å². The standard InChI is InChI=1S/C16H22N2O/c19-16(8-11-18-10-2-1-5-14(16)18)13-7-6-12-4-3-9-17-15(12)13/h3-4,9,13-14,19H,1-2,5-8,10-11H2. The van der Waals surface area contributed by atoms with E-state index in [9.17, 15) is 5.11 Å². The number of hydrogen-bond donors (Lipinski definition) is 1. The Bertz CT molecular complexity index is 489. The van der Waals surface area contributed by atoms with E-state index in [-0.39, 0.29) is 5.92 Å². The van der Waals surface area contributed by atoms with Gasteiger partial charge >= 0.3 is 0 Å². The van der Waals surface area contributed by atoms with Crippen molar-refractivity contribution in [3.63, 3.8) is 0 Å². The molecule has 3 atom stereocenters. The van der Waals surface area contributed by atoms with Crippen LogP contribution in [-0.4, -0.2) is 39.7 Å². The lowest BCUT2D eigenvalue weighted by Gasteiger charge is -2.40. The van der Waals surface area contributed by atoms with Crippen LogP contribution in [0.25, 0.3) is 0 Å². The number of piperidine rings is 1. The summed E-state index contributed by atoms with van der Waals surface area (Å²) in [6.45, 7) is 2.24. The molecule has 0 aromatic carbocycles. The second-order valence-corrected chi connectivity index (χ2v) is 6.43. The third kappa shape index (κ3) is 1.68. The number of pyridine rings is 1. The molecule has 1 aromatic heterocycles. The van der Waals surface area contributed by atoms with Crippen LogP contribution >= 0.6 is 0 Å². The molecule has 0 bridgehead atoms. The lowest BCUT2D eigenvalue weighted by atomic mass is 9.77. The van der Waals surface area contributed by atoms with Crippen LogP contribution in [0.2, 0.25) is 0 Å². The summed E-state index contributed by atoms with van der Waals surface area (Å²) >= 11 is 0. The Morgan fingerprint density at radius 1 is 1.26 bits per heavy atom. The van der Waals surface area contributed by atoms with Crippen molar-refractivity contribution >= 4 is 0 Å². The average molecular weight is 258 g/mol. The third-order valence-electron chi connectivity index (χ3n) is 5.55. The van der Waals surface area contributed by atoms with Crippen molar-refractivity contribution in [2.45, 2.75) is 56.1 Å². The monoisotopic (exact) mass is 258 g/mol. The van der Waals surface area contributed by atoms with Crippen LogP contribution in [0.1, 0.15) is 49.3 Å². The number of aryl methyl sites for hydroxylation is 1. The minimum Gasteiger partial charge on any atom is -0.388 e. The average Bonchev–Trinajstić information content (AvgIpc) is 3.02. The number of hydrogen-bond acceptors (Lipinski definition) is 3. The molecule has 19 heavy (non-hydrogen) atoms. The van der Waals surface area contributed by atoms with Gasteiger partial charge in [0.1, 0.15) is 0 Å². The zero-order chi connectivity index (χ0) is 12.9. The van der Waals surface area contributed by atoms with Crippen LogP contribution in [0.15, 0.2) is 18.3 Å². The molecule has 3 heterocycles. The summed E-state index contributed by atoms with van der Waals surface area (Å²) in [7, 11) is 0. The Morgan fingerprint density at radius 3 is 3.16 bits per heavy atom. The highest BCUT2D eigenvalue weighted by Gasteiger charge is 2.53. The molecule has 3 aliphatic rings. The van der Waals surface area contributed by atoms with E-state index in [0.29, 0.717) is 6.04 Å². The lowest BCUT2D eigenvalue weighted by Crippen LogP contribution is -2.50.